The van der Waals surface area contributed by atoms with Crippen molar-refractivity contribution in [3.63, 3.8) is 0 Å². The Morgan fingerprint density at radius 2 is 1.75 bits per heavy atom. The summed E-state index contributed by atoms with van der Waals surface area (Å²) in [6, 6.07) is 20.1. The van der Waals surface area contributed by atoms with E-state index in [1.165, 1.54) is 24.9 Å². The fourth-order valence-electron chi connectivity index (χ4n) is 3.15. The molecule has 0 atom stereocenters. The van der Waals surface area contributed by atoms with Crippen molar-refractivity contribution in [1.29, 1.82) is 0 Å². The van der Waals surface area contributed by atoms with Crippen LogP contribution in [0.4, 0.5) is 13.2 Å². The Bertz CT molecular complexity index is 1230. The summed E-state index contributed by atoms with van der Waals surface area (Å²) in [4.78, 5) is 0. The second-order valence-electron chi connectivity index (χ2n) is 6.81. The van der Waals surface area contributed by atoms with E-state index in [9.17, 15) is 13.2 Å². The minimum absolute atomic E-state index is 0.292. The molecule has 0 aliphatic rings. The average molecular weight is 476 g/mol. The van der Waals surface area contributed by atoms with Crippen LogP contribution in [0.3, 0.4) is 0 Å². The SMILES string of the molecule is COc1ccc(-n2c(SCc3cccc(C(F)(F)F)c3)nnc2-c2ccccc2)cc1Cl. The lowest BCUT2D eigenvalue weighted by Gasteiger charge is -2.13. The Balaban J connectivity index is 1.72. The topological polar surface area (TPSA) is 39.9 Å². The standard InChI is InChI=1S/C23H17ClF3N3OS/c1-31-20-11-10-18(13-19(20)24)30-21(16-7-3-2-4-8-16)28-29-22(30)32-14-15-6-5-9-17(12-15)23(25,26)27/h2-13H,14H2,1H3. The van der Waals surface area contributed by atoms with E-state index in [-0.39, 0.29) is 0 Å². The highest BCUT2D eigenvalue weighted by atomic mass is 35.5. The first-order chi connectivity index (χ1) is 15.4. The molecule has 0 N–H and O–H groups in total. The predicted molar refractivity (Wildman–Crippen MR) is 119 cm³/mol. The Morgan fingerprint density at radius 1 is 0.969 bits per heavy atom. The monoisotopic (exact) mass is 475 g/mol. The van der Waals surface area contributed by atoms with Crippen LogP contribution in [0, 0.1) is 0 Å². The number of hydrogen-bond acceptors (Lipinski definition) is 4. The number of thioether (sulfide) groups is 1. The molecule has 0 bridgehead atoms. The molecular formula is C23H17ClF3N3OS. The number of rotatable bonds is 6. The summed E-state index contributed by atoms with van der Waals surface area (Å²) in [5, 5.41) is 9.60. The second kappa shape index (κ2) is 9.26. The van der Waals surface area contributed by atoms with Crippen molar-refractivity contribution in [3.05, 3.63) is 88.9 Å². The van der Waals surface area contributed by atoms with Gasteiger partial charge >= 0.3 is 6.18 Å². The molecule has 0 spiro atoms. The zero-order valence-electron chi connectivity index (χ0n) is 16.8. The molecule has 0 amide bonds. The molecule has 164 valence electrons. The van der Waals surface area contributed by atoms with Gasteiger partial charge in [-0.25, -0.2) is 0 Å². The van der Waals surface area contributed by atoms with Crippen molar-refractivity contribution in [2.45, 2.75) is 17.1 Å². The molecular weight excluding hydrogens is 459 g/mol. The number of aromatic nitrogens is 3. The van der Waals surface area contributed by atoms with Crippen LogP contribution < -0.4 is 4.74 Å². The summed E-state index contributed by atoms with van der Waals surface area (Å²) >= 11 is 7.63. The van der Waals surface area contributed by atoms with Gasteiger partial charge in [-0.2, -0.15) is 13.2 Å². The van der Waals surface area contributed by atoms with Gasteiger partial charge in [-0.3, -0.25) is 4.57 Å². The Labute approximate surface area is 192 Å². The van der Waals surface area contributed by atoms with Crippen LogP contribution in [0.2, 0.25) is 5.02 Å². The van der Waals surface area contributed by atoms with Gasteiger partial charge < -0.3 is 4.74 Å². The van der Waals surface area contributed by atoms with Gasteiger partial charge in [-0.15, -0.1) is 10.2 Å². The van der Waals surface area contributed by atoms with Gasteiger partial charge in [0.15, 0.2) is 11.0 Å². The van der Waals surface area contributed by atoms with E-state index < -0.39 is 11.7 Å². The van der Waals surface area contributed by atoms with Crippen LogP contribution >= 0.6 is 23.4 Å². The van der Waals surface area contributed by atoms with Crippen LogP contribution in [0.15, 0.2) is 78.0 Å². The van der Waals surface area contributed by atoms with Crippen molar-refractivity contribution < 1.29 is 17.9 Å². The van der Waals surface area contributed by atoms with Gasteiger partial charge in [0.05, 0.1) is 23.4 Å². The van der Waals surface area contributed by atoms with E-state index in [0.29, 0.717) is 38.8 Å². The summed E-state index contributed by atoms with van der Waals surface area (Å²) < 4.78 is 46.2. The average Bonchev–Trinajstić information content (AvgIpc) is 3.22. The third-order valence-electron chi connectivity index (χ3n) is 4.68. The smallest absolute Gasteiger partial charge is 0.416 e. The summed E-state index contributed by atoms with van der Waals surface area (Å²) in [6.45, 7) is 0. The first-order valence-electron chi connectivity index (χ1n) is 9.50. The minimum atomic E-state index is -4.39. The number of hydrogen-bond donors (Lipinski definition) is 0. The number of ether oxygens (including phenoxy) is 1. The molecule has 0 unspecified atom stereocenters. The van der Waals surface area contributed by atoms with E-state index in [1.807, 2.05) is 41.0 Å². The van der Waals surface area contributed by atoms with Gasteiger partial charge in [-0.05, 0) is 29.8 Å². The normalized spacial score (nSPS) is 11.5. The molecule has 0 radical (unpaired) electrons. The van der Waals surface area contributed by atoms with E-state index in [1.54, 1.807) is 18.2 Å². The zero-order chi connectivity index (χ0) is 22.7. The molecule has 1 aromatic heterocycles. The van der Waals surface area contributed by atoms with Crippen molar-refractivity contribution in [1.82, 2.24) is 14.8 Å². The molecule has 0 aliphatic carbocycles. The number of halogens is 4. The van der Waals surface area contributed by atoms with Crippen LogP contribution in [0.5, 0.6) is 5.75 Å². The summed E-state index contributed by atoms with van der Waals surface area (Å²) in [5.41, 5.74) is 1.42. The molecule has 1 heterocycles. The van der Waals surface area contributed by atoms with Crippen LogP contribution in [-0.4, -0.2) is 21.9 Å². The van der Waals surface area contributed by atoms with Gasteiger partial charge in [0.2, 0.25) is 0 Å². The maximum absolute atomic E-state index is 13.1. The molecule has 32 heavy (non-hydrogen) atoms. The Hall–Kier alpha value is -2.97. The van der Waals surface area contributed by atoms with Crippen LogP contribution in [-0.2, 0) is 11.9 Å². The largest absolute Gasteiger partial charge is 0.495 e. The third kappa shape index (κ3) is 4.76. The molecule has 0 saturated heterocycles. The fraction of sp³-hybridized carbons (Fsp3) is 0.130. The minimum Gasteiger partial charge on any atom is -0.495 e. The van der Waals surface area contributed by atoms with E-state index in [4.69, 9.17) is 16.3 Å². The number of methoxy groups -OCH3 is 1. The first-order valence-corrected chi connectivity index (χ1v) is 10.9. The molecule has 0 aliphatic heterocycles. The van der Waals surface area contributed by atoms with Crippen molar-refractivity contribution in [2.75, 3.05) is 7.11 Å². The van der Waals surface area contributed by atoms with Gasteiger partial charge in [-0.1, -0.05) is 71.9 Å². The van der Waals surface area contributed by atoms with Gasteiger partial charge in [0.1, 0.15) is 5.75 Å². The summed E-state index contributed by atoms with van der Waals surface area (Å²) in [7, 11) is 1.53. The van der Waals surface area contributed by atoms with Crippen molar-refractivity contribution >= 4 is 23.4 Å². The van der Waals surface area contributed by atoms with E-state index >= 15 is 0 Å². The van der Waals surface area contributed by atoms with Crippen LogP contribution in [0.1, 0.15) is 11.1 Å². The predicted octanol–water partition coefficient (Wildman–Crippen LogP) is 6.91. The van der Waals surface area contributed by atoms with Crippen LogP contribution in [0.25, 0.3) is 17.1 Å². The van der Waals surface area contributed by atoms with Gasteiger partial charge in [0, 0.05) is 11.3 Å². The lowest BCUT2D eigenvalue weighted by atomic mass is 10.1. The second-order valence-corrected chi connectivity index (χ2v) is 8.16. The zero-order valence-corrected chi connectivity index (χ0v) is 18.4. The molecule has 4 aromatic rings. The third-order valence-corrected chi connectivity index (χ3v) is 5.98. The molecule has 3 aromatic carbocycles. The fourth-order valence-corrected chi connectivity index (χ4v) is 4.30. The number of nitrogens with zero attached hydrogens (tertiary/aromatic N) is 3. The highest BCUT2D eigenvalue weighted by Gasteiger charge is 2.30. The Morgan fingerprint density at radius 3 is 2.44 bits per heavy atom. The lowest BCUT2D eigenvalue weighted by Crippen LogP contribution is -2.05. The molecule has 9 heteroatoms. The first kappa shape index (κ1) is 22.2. The highest BCUT2D eigenvalue weighted by Crippen LogP contribution is 2.34. The summed E-state index contributed by atoms with van der Waals surface area (Å²) in [6.07, 6.45) is -4.39. The quantitative estimate of drug-likeness (QED) is 0.284. The maximum Gasteiger partial charge on any atom is 0.416 e. The highest BCUT2D eigenvalue weighted by molar-refractivity contribution is 7.98. The number of alkyl halides is 3. The van der Waals surface area contributed by atoms with E-state index in [0.717, 1.165) is 17.7 Å². The lowest BCUT2D eigenvalue weighted by molar-refractivity contribution is -0.137. The molecule has 0 saturated carbocycles. The van der Waals surface area contributed by atoms with Crippen molar-refractivity contribution in [3.8, 4) is 22.8 Å². The van der Waals surface area contributed by atoms with E-state index in [2.05, 4.69) is 10.2 Å². The molecule has 4 rings (SSSR count). The molecule has 0 fully saturated rings. The van der Waals surface area contributed by atoms with Gasteiger partial charge in [0.25, 0.3) is 0 Å². The summed E-state index contributed by atoms with van der Waals surface area (Å²) in [5.74, 6) is 1.42. The number of benzene rings is 3. The maximum atomic E-state index is 13.1. The Kier molecular flexibility index (Phi) is 6.43. The molecule has 4 nitrogen and oxygen atoms in total. The van der Waals surface area contributed by atoms with Crippen molar-refractivity contribution in [2.24, 2.45) is 0 Å².